The van der Waals surface area contributed by atoms with Gasteiger partial charge < -0.3 is 10.1 Å². The number of amides is 1. The first-order valence-electron chi connectivity index (χ1n) is 5.68. The summed E-state index contributed by atoms with van der Waals surface area (Å²) in [5, 5.41) is 2.15. The molecule has 1 amide bonds. The second kappa shape index (κ2) is 7.30. The standard InChI is InChI=1S/C13H18ClNO2/c1-3-8-15-13(16)12(14)11-6-4-10(5-7-11)9-17-2/h4-7,12H,3,8-9H2,1-2H3,(H,15,16). The number of carbonyl (C=O) groups is 1. The summed E-state index contributed by atoms with van der Waals surface area (Å²) in [5.74, 6) is -0.145. The van der Waals surface area contributed by atoms with Crippen LogP contribution in [0.1, 0.15) is 29.8 Å². The van der Waals surface area contributed by atoms with E-state index in [-0.39, 0.29) is 5.91 Å². The fourth-order valence-electron chi connectivity index (χ4n) is 1.44. The number of ether oxygens (including phenoxy) is 1. The Balaban J connectivity index is 2.62. The Hall–Kier alpha value is -1.06. The van der Waals surface area contributed by atoms with Gasteiger partial charge in [0, 0.05) is 13.7 Å². The smallest absolute Gasteiger partial charge is 0.242 e. The van der Waals surface area contributed by atoms with E-state index in [9.17, 15) is 4.79 Å². The minimum Gasteiger partial charge on any atom is -0.380 e. The third-order valence-corrected chi connectivity index (χ3v) is 2.81. The van der Waals surface area contributed by atoms with Gasteiger partial charge in [0.25, 0.3) is 0 Å². The molecule has 0 heterocycles. The number of rotatable bonds is 6. The van der Waals surface area contributed by atoms with Gasteiger partial charge in [-0.25, -0.2) is 0 Å². The zero-order valence-corrected chi connectivity index (χ0v) is 11.0. The molecule has 3 nitrogen and oxygen atoms in total. The van der Waals surface area contributed by atoms with Crippen molar-refractivity contribution >= 4 is 17.5 Å². The Morgan fingerprint density at radius 2 is 2.06 bits per heavy atom. The molecule has 0 fully saturated rings. The lowest BCUT2D eigenvalue weighted by Crippen LogP contribution is -2.27. The van der Waals surface area contributed by atoms with Gasteiger partial charge in [-0.15, -0.1) is 11.6 Å². The highest BCUT2D eigenvalue weighted by Gasteiger charge is 2.16. The number of nitrogens with one attached hydrogen (secondary N) is 1. The van der Waals surface area contributed by atoms with E-state index in [1.54, 1.807) is 7.11 Å². The van der Waals surface area contributed by atoms with Gasteiger partial charge in [-0.2, -0.15) is 0 Å². The molecule has 4 heteroatoms. The molecule has 94 valence electrons. The van der Waals surface area contributed by atoms with Crippen LogP contribution in [-0.2, 0) is 16.1 Å². The minimum absolute atomic E-state index is 0.145. The first-order valence-corrected chi connectivity index (χ1v) is 6.12. The van der Waals surface area contributed by atoms with E-state index in [0.29, 0.717) is 13.2 Å². The van der Waals surface area contributed by atoms with Gasteiger partial charge in [-0.3, -0.25) is 4.79 Å². The van der Waals surface area contributed by atoms with Gasteiger partial charge in [0.15, 0.2) is 0 Å². The number of hydrogen-bond donors (Lipinski definition) is 1. The zero-order chi connectivity index (χ0) is 12.7. The van der Waals surface area contributed by atoms with Crippen LogP contribution in [0, 0.1) is 0 Å². The van der Waals surface area contributed by atoms with Gasteiger partial charge in [0.2, 0.25) is 5.91 Å². The molecule has 0 aliphatic rings. The van der Waals surface area contributed by atoms with Crippen LogP contribution >= 0.6 is 11.6 Å². The van der Waals surface area contributed by atoms with Gasteiger partial charge in [-0.05, 0) is 17.5 Å². The lowest BCUT2D eigenvalue weighted by atomic mass is 10.1. The zero-order valence-electron chi connectivity index (χ0n) is 10.2. The normalized spacial score (nSPS) is 12.2. The summed E-state index contributed by atoms with van der Waals surface area (Å²) >= 11 is 6.08. The summed E-state index contributed by atoms with van der Waals surface area (Å²) in [6.07, 6.45) is 0.905. The molecular formula is C13H18ClNO2. The van der Waals surface area contributed by atoms with Crippen molar-refractivity contribution in [1.29, 1.82) is 0 Å². The Labute approximate surface area is 107 Å². The summed E-state index contributed by atoms with van der Waals surface area (Å²) in [6.45, 7) is 3.22. The molecule has 1 N–H and O–H groups in total. The van der Waals surface area contributed by atoms with E-state index in [2.05, 4.69) is 5.32 Å². The molecule has 0 aliphatic heterocycles. The van der Waals surface area contributed by atoms with E-state index >= 15 is 0 Å². The SMILES string of the molecule is CCCNC(=O)C(Cl)c1ccc(COC)cc1. The first kappa shape index (κ1) is 14.0. The largest absolute Gasteiger partial charge is 0.380 e. The third-order valence-electron chi connectivity index (χ3n) is 2.36. The van der Waals surface area contributed by atoms with Crippen LogP contribution in [0.5, 0.6) is 0 Å². The van der Waals surface area contributed by atoms with Crippen molar-refractivity contribution in [3.8, 4) is 0 Å². The van der Waals surface area contributed by atoms with Crippen LogP contribution in [0.3, 0.4) is 0 Å². The van der Waals surface area contributed by atoms with Crippen LogP contribution in [0.4, 0.5) is 0 Å². The van der Waals surface area contributed by atoms with Crippen molar-refractivity contribution in [3.05, 3.63) is 35.4 Å². The van der Waals surface area contributed by atoms with E-state index < -0.39 is 5.38 Å². The first-order chi connectivity index (χ1) is 8.19. The van der Waals surface area contributed by atoms with Crippen LogP contribution in [0.15, 0.2) is 24.3 Å². The highest BCUT2D eigenvalue weighted by molar-refractivity contribution is 6.30. The molecule has 0 aromatic heterocycles. The van der Waals surface area contributed by atoms with Crippen LogP contribution in [0.2, 0.25) is 0 Å². The Morgan fingerprint density at radius 3 is 2.59 bits per heavy atom. The van der Waals surface area contributed by atoms with Crippen molar-refractivity contribution in [2.75, 3.05) is 13.7 Å². The number of alkyl halides is 1. The number of benzene rings is 1. The molecule has 0 aliphatic carbocycles. The van der Waals surface area contributed by atoms with Crippen molar-refractivity contribution < 1.29 is 9.53 Å². The van der Waals surface area contributed by atoms with Crippen molar-refractivity contribution in [2.45, 2.75) is 25.3 Å². The molecule has 1 rings (SSSR count). The van der Waals surface area contributed by atoms with E-state index in [0.717, 1.165) is 17.5 Å². The predicted octanol–water partition coefficient (Wildman–Crippen LogP) is 2.64. The molecule has 17 heavy (non-hydrogen) atoms. The van der Waals surface area contributed by atoms with Gasteiger partial charge >= 0.3 is 0 Å². The molecule has 1 atom stereocenters. The topological polar surface area (TPSA) is 38.3 Å². The summed E-state index contributed by atoms with van der Waals surface area (Å²) in [7, 11) is 1.65. The maximum atomic E-state index is 11.6. The van der Waals surface area contributed by atoms with Crippen LogP contribution in [-0.4, -0.2) is 19.6 Å². The lowest BCUT2D eigenvalue weighted by molar-refractivity contribution is -0.120. The van der Waals surface area contributed by atoms with E-state index in [4.69, 9.17) is 16.3 Å². The number of carbonyl (C=O) groups excluding carboxylic acids is 1. The van der Waals surface area contributed by atoms with Crippen molar-refractivity contribution in [3.63, 3.8) is 0 Å². The Kier molecular flexibility index (Phi) is 6.01. The number of hydrogen-bond acceptors (Lipinski definition) is 2. The fraction of sp³-hybridized carbons (Fsp3) is 0.462. The second-order valence-electron chi connectivity index (χ2n) is 3.83. The summed E-state index contributed by atoms with van der Waals surface area (Å²) in [5.41, 5.74) is 1.87. The summed E-state index contributed by atoms with van der Waals surface area (Å²) < 4.78 is 5.02. The minimum atomic E-state index is -0.627. The molecule has 0 spiro atoms. The molecule has 0 saturated carbocycles. The van der Waals surface area contributed by atoms with Crippen LogP contribution in [0.25, 0.3) is 0 Å². The molecule has 1 unspecified atom stereocenters. The summed E-state index contributed by atoms with van der Waals surface area (Å²) in [6, 6.07) is 7.55. The van der Waals surface area contributed by atoms with Crippen LogP contribution < -0.4 is 5.32 Å². The maximum Gasteiger partial charge on any atom is 0.242 e. The maximum absolute atomic E-state index is 11.6. The number of halogens is 1. The molecule has 0 saturated heterocycles. The van der Waals surface area contributed by atoms with E-state index in [1.165, 1.54) is 0 Å². The van der Waals surface area contributed by atoms with Gasteiger partial charge in [-0.1, -0.05) is 31.2 Å². The predicted molar refractivity (Wildman–Crippen MR) is 69.0 cm³/mol. The monoisotopic (exact) mass is 255 g/mol. The molecule has 0 bridgehead atoms. The average Bonchev–Trinajstić information content (AvgIpc) is 2.36. The third kappa shape index (κ3) is 4.36. The Bertz CT molecular complexity index is 351. The molecule has 1 aromatic carbocycles. The number of methoxy groups -OCH3 is 1. The molecular weight excluding hydrogens is 238 g/mol. The summed E-state index contributed by atoms with van der Waals surface area (Å²) in [4.78, 5) is 11.6. The Morgan fingerprint density at radius 1 is 1.41 bits per heavy atom. The average molecular weight is 256 g/mol. The molecule has 0 radical (unpaired) electrons. The fourth-order valence-corrected chi connectivity index (χ4v) is 1.66. The second-order valence-corrected chi connectivity index (χ2v) is 4.26. The van der Waals surface area contributed by atoms with Gasteiger partial charge in [0.1, 0.15) is 5.38 Å². The quantitative estimate of drug-likeness (QED) is 0.794. The molecule has 1 aromatic rings. The van der Waals surface area contributed by atoms with Crippen molar-refractivity contribution in [1.82, 2.24) is 5.32 Å². The lowest BCUT2D eigenvalue weighted by Gasteiger charge is -2.10. The van der Waals surface area contributed by atoms with E-state index in [1.807, 2.05) is 31.2 Å². The van der Waals surface area contributed by atoms with Gasteiger partial charge in [0.05, 0.1) is 6.61 Å². The highest BCUT2D eigenvalue weighted by Crippen LogP contribution is 2.21. The van der Waals surface area contributed by atoms with Crippen molar-refractivity contribution in [2.24, 2.45) is 0 Å². The highest BCUT2D eigenvalue weighted by atomic mass is 35.5.